The Morgan fingerprint density at radius 3 is 2.50 bits per heavy atom. The average molecular weight is 489 g/mol. The van der Waals surface area contributed by atoms with Crippen molar-refractivity contribution in [3.63, 3.8) is 0 Å². The molecule has 2 atom stereocenters. The van der Waals surface area contributed by atoms with Gasteiger partial charge in [0.15, 0.2) is 0 Å². The molecule has 0 bridgehead atoms. The van der Waals surface area contributed by atoms with Gasteiger partial charge in [-0.2, -0.15) is 0 Å². The molecule has 1 amide bonds. The lowest BCUT2D eigenvalue weighted by Crippen LogP contribution is -2.38. The van der Waals surface area contributed by atoms with Gasteiger partial charge < -0.3 is 24.6 Å². The van der Waals surface area contributed by atoms with Gasteiger partial charge in [-0.25, -0.2) is 4.31 Å². The number of carbonyl (C=O) groups is 1. The van der Waals surface area contributed by atoms with Gasteiger partial charge in [-0.15, -0.1) is 0 Å². The van der Waals surface area contributed by atoms with Crippen LogP contribution in [0.25, 0.3) is 0 Å². The molecular weight excluding hydrogens is 452 g/mol. The lowest BCUT2D eigenvalue weighted by molar-refractivity contribution is -0.123. The number of ether oxygens (including phenoxy) is 3. The Balaban J connectivity index is 1.42. The summed E-state index contributed by atoms with van der Waals surface area (Å²) in [4.78, 5) is 13.5. The van der Waals surface area contributed by atoms with E-state index in [1.165, 1.54) is 0 Å². The van der Waals surface area contributed by atoms with Crippen LogP contribution in [0, 0.1) is 5.92 Å². The second-order valence-corrected chi connectivity index (χ2v) is 10.0. The Labute approximate surface area is 206 Å². The van der Waals surface area contributed by atoms with Crippen molar-refractivity contribution in [1.29, 1.82) is 0 Å². The van der Waals surface area contributed by atoms with Gasteiger partial charge in [-0.1, -0.05) is 26.0 Å². The summed E-state index contributed by atoms with van der Waals surface area (Å²) >= 11 is 1.65. The minimum atomic E-state index is -0.899. The third-order valence-electron chi connectivity index (χ3n) is 5.32. The molecule has 2 aromatic carbocycles. The Morgan fingerprint density at radius 2 is 1.88 bits per heavy atom. The molecule has 1 aliphatic rings. The zero-order valence-electron chi connectivity index (χ0n) is 20.2. The number of benzene rings is 2. The molecule has 0 aromatic heterocycles. The number of aliphatic hydroxyl groups is 1. The normalized spacial score (nSPS) is 16.6. The fourth-order valence-corrected chi connectivity index (χ4v) is 4.74. The number of aliphatic hydroxyl groups excluding tert-OH is 1. The first-order valence-electron chi connectivity index (χ1n) is 11.8. The number of hydrogen-bond donors (Lipinski definition) is 2. The number of carbonyl (C=O) groups excluding carboxylic acids is 1. The molecule has 0 saturated carbocycles. The molecule has 0 aliphatic carbocycles. The van der Waals surface area contributed by atoms with Crippen LogP contribution in [0.1, 0.15) is 32.3 Å². The van der Waals surface area contributed by atoms with Gasteiger partial charge in [0.25, 0.3) is 0 Å². The highest BCUT2D eigenvalue weighted by Crippen LogP contribution is 2.26. The second kappa shape index (κ2) is 13.6. The van der Waals surface area contributed by atoms with Crippen LogP contribution in [0.5, 0.6) is 11.5 Å². The van der Waals surface area contributed by atoms with Crippen LogP contribution in [0.2, 0.25) is 0 Å². The van der Waals surface area contributed by atoms with Gasteiger partial charge in [0, 0.05) is 30.8 Å². The van der Waals surface area contributed by atoms with E-state index >= 15 is 0 Å². The van der Waals surface area contributed by atoms with E-state index in [0.717, 1.165) is 41.5 Å². The predicted octanol–water partition coefficient (Wildman–Crippen LogP) is 3.90. The van der Waals surface area contributed by atoms with E-state index in [9.17, 15) is 9.90 Å². The molecule has 186 valence electrons. The van der Waals surface area contributed by atoms with Crippen molar-refractivity contribution in [2.24, 2.45) is 5.92 Å². The first-order chi connectivity index (χ1) is 16.4. The van der Waals surface area contributed by atoms with E-state index in [4.69, 9.17) is 14.2 Å². The maximum atomic E-state index is 12.4. The van der Waals surface area contributed by atoms with E-state index in [2.05, 4.69) is 23.5 Å². The van der Waals surface area contributed by atoms with E-state index in [1.54, 1.807) is 19.1 Å². The lowest BCUT2D eigenvalue weighted by atomic mass is 10.1. The standard InChI is InChI=1S/C26H36N2O5S/c1-19(2)17-28(34-24-10-8-21(31-3)9-11-24)14-12-25(29)27-26(30)16-20-4-6-22(7-5-20)33-23-13-15-32-18-23/h4-11,19,23,25,29H,12-18H2,1-3H3,(H,27,30). The highest BCUT2D eigenvalue weighted by Gasteiger charge is 2.17. The molecule has 0 spiro atoms. The van der Waals surface area contributed by atoms with Crippen molar-refractivity contribution in [3.05, 3.63) is 54.1 Å². The molecule has 1 saturated heterocycles. The van der Waals surface area contributed by atoms with Gasteiger partial charge in [0.1, 0.15) is 23.8 Å². The molecule has 1 heterocycles. The summed E-state index contributed by atoms with van der Waals surface area (Å²) in [7, 11) is 1.65. The third kappa shape index (κ3) is 9.18. The van der Waals surface area contributed by atoms with Crippen molar-refractivity contribution in [1.82, 2.24) is 9.62 Å². The maximum Gasteiger partial charge on any atom is 0.226 e. The number of amides is 1. The van der Waals surface area contributed by atoms with E-state index in [0.29, 0.717) is 25.5 Å². The number of hydrogen-bond acceptors (Lipinski definition) is 7. The lowest BCUT2D eigenvalue weighted by Gasteiger charge is -2.24. The summed E-state index contributed by atoms with van der Waals surface area (Å²) in [6.07, 6.45) is 0.749. The van der Waals surface area contributed by atoms with Crippen molar-refractivity contribution < 1.29 is 24.1 Å². The van der Waals surface area contributed by atoms with Crippen LogP contribution in [0.15, 0.2) is 53.4 Å². The summed E-state index contributed by atoms with van der Waals surface area (Å²) in [5, 5.41) is 13.1. The first-order valence-corrected chi connectivity index (χ1v) is 12.6. The Morgan fingerprint density at radius 1 is 1.18 bits per heavy atom. The molecule has 0 radical (unpaired) electrons. The number of nitrogens with zero attached hydrogens (tertiary/aromatic N) is 1. The topological polar surface area (TPSA) is 80.3 Å². The van der Waals surface area contributed by atoms with Crippen LogP contribution < -0.4 is 14.8 Å². The third-order valence-corrected chi connectivity index (χ3v) is 6.39. The summed E-state index contributed by atoms with van der Waals surface area (Å²) in [6.45, 7) is 7.21. The van der Waals surface area contributed by atoms with Crippen molar-refractivity contribution in [3.8, 4) is 11.5 Å². The zero-order valence-corrected chi connectivity index (χ0v) is 21.1. The van der Waals surface area contributed by atoms with E-state index in [-0.39, 0.29) is 18.4 Å². The van der Waals surface area contributed by atoms with Crippen LogP contribution in [0.3, 0.4) is 0 Å². The van der Waals surface area contributed by atoms with Gasteiger partial charge in [-0.05, 0) is 59.8 Å². The highest BCUT2D eigenvalue weighted by atomic mass is 32.2. The smallest absolute Gasteiger partial charge is 0.226 e. The minimum absolute atomic E-state index is 0.0995. The second-order valence-electron chi connectivity index (χ2n) is 8.84. The van der Waals surface area contributed by atoms with Gasteiger partial charge in [-0.3, -0.25) is 4.79 Å². The van der Waals surface area contributed by atoms with Crippen molar-refractivity contribution in [2.45, 2.75) is 50.3 Å². The molecule has 2 N–H and O–H groups in total. The van der Waals surface area contributed by atoms with E-state index in [1.807, 2.05) is 48.5 Å². The Bertz CT molecular complexity index is 870. The Hall–Kier alpha value is -2.26. The monoisotopic (exact) mass is 488 g/mol. The first kappa shape index (κ1) is 26.3. The minimum Gasteiger partial charge on any atom is -0.497 e. The SMILES string of the molecule is COc1ccc(SN(CCC(O)NC(=O)Cc2ccc(OC3CCOC3)cc2)CC(C)C)cc1. The van der Waals surface area contributed by atoms with Crippen LogP contribution in [-0.4, -0.2) is 61.1 Å². The van der Waals surface area contributed by atoms with Crippen LogP contribution in [-0.2, 0) is 16.0 Å². The van der Waals surface area contributed by atoms with Crippen molar-refractivity contribution in [2.75, 3.05) is 33.4 Å². The molecule has 34 heavy (non-hydrogen) atoms. The van der Waals surface area contributed by atoms with Crippen LogP contribution in [0.4, 0.5) is 0 Å². The van der Waals surface area contributed by atoms with Gasteiger partial charge >= 0.3 is 0 Å². The van der Waals surface area contributed by atoms with Crippen molar-refractivity contribution >= 4 is 17.9 Å². The molecule has 1 fully saturated rings. The molecule has 1 aliphatic heterocycles. The highest BCUT2D eigenvalue weighted by molar-refractivity contribution is 7.97. The zero-order chi connectivity index (χ0) is 24.3. The molecule has 3 rings (SSSR count). The average Bonchev–Trinajstić information content (AvgIpc) is 3.32. The number of nitrogens with one attached hydrogen (secondary N) is 1. The number of methoxy groups -OCH3 is 1. The van der Waals surface area contributed by atoms with Gasteiger partial charge in [0.2, 0.25) is 5.91 Å². The fourth-order valence-electron chi connectivity index (χ4n) is 3.61. The molecular formula is C26H36N2O5S. The number of rotatable bonds is 13. The van der Waals surface area contributed by atoms with Gasteiger partial charge in [0.05, 0.1) is 26.7 Å². The molecule has 2 unspecified atom stereocenters. The summed E-state index contributed by atoms with van der Waals surface area (Å²) < 4.78 is 18.6. The molecule has 2 aromatic rings. The fraction of sp³-hybridized carbons (Fsp3) is 0.500. The van der Waals surface area contributed by atoms with Crippen LogP contribution >= 0.6 is 11.9 Å². The Kier molecular flexibility index (Phi) is 10.5. The summed E-state index contributed by atoms with van der Waals surface area (Å²) in [5.74, 6) is 1.87. The maximum absolute atomic E-state index is 12.4. The summed E-state index contributed by atoms with van der Waals surface area (Å²) in [6, 6.07) is 15.4. The quantitative estimate of drug-likeness (QED) is 0.327. The molecule has 7 nitrogen and oxygen atoms in total. The van der Waals surface area contributed by atoms with E-state index < -0.39 is 6.23 Å². The molecule has 8 heteroatoms. The summed E-state index contributed by atoms with van der Waals surface area (Å²) in [5.41, 5.74) is 0.871. The predicted molar refractivity (Wildman–Crippen MR) is 134 cm³/mol. The largest absolute Gasteiger partial charge is 0.497 e.